The molecule has 7 heterocycles. The average molecular weight is 721 g/mol. The zero-order valence-electron chi connectivity index (χ0n) is 23.6. The molecule has 7 rings (SSSR count). The Bertz CT molecular complexity index is 1970. The number of aromatic nitrogens is 8. The maximum atomic E-state index is 16.2. The summed E-state index contributed by atoms with van der Waals surface area (Å²) >= 11 is 10.7. The zero-order chi connectivity index (χ0) is 32.5. The van der Waals surface area contributed by atoms with Gasteiger partial charge in [0.2, 0.25) is 0 Å². The van der Waals surface area contributed by atoms with E-state index in [-0.39, 0.29) is 28.1 Å². The molecule has 3 fully saturated rings. The average Bonchev–Trinajstić information content (AvgIpc) is 3.75. The Kier molecular flexibility index (Phi) is 8.32. The van der Waals surface area contributed by atoms with E-state index in [4.69, 9.17) is 52.4 Å². The van der Waals surface area contributed by atoms with E-state index in [0.29, 0.717) is 5.82 Å². The number of aromatic amines is 1. The van der Waals surface area contributed by atoms with Crippen molar-refractivity contribution in [1.29, 1.82) is 0 Å². The van der Waals surface area contributed by atoms with Crippen LogP contribution < -0.4 is 16.4 Å². The van der Waals surface area contributed by atoms with Crippen molar-refractivity contribution in [2.24, 2.45) is 5.92 Å². The van der Waals surface area contributed by atoms with Gasteiger partial charge in [-0.3, -0.25) is 13.9 Å². The van der Waals surface area contributed by atoms with Gasteiger partial charge in [-0.05, 0) is 30.5 Å². The number of aliphatic hydroxyl groups is 1. The van der Waals surface area contributed by atoms with Gasteiger partial charge in [-0.25, -0.2) is 34.4 Å². The number of hydrogen-bond acceptors (Lipinski definition) is 15. The number of hydrogen-bond donors (Lipinski definition) is 6. The molecule has 4 aromatic heterocycles. The Hall–Kier alpha value is -2.43. The summed E-state index contributed by atoms with van der Waals surface area (Å²) in [6.45, 7) is -8.02. The van der Waals surface area contributed by atoms with Crippen LogP contribution in [0.3, 0.4) is 0 Å². The lowest BCUT2D eigenvalue weighted by atomic mass is 9.99. The number of rotatable bonds is 3. The fourth-order valence-corrected chi connectivity index (χ4v) is 8.89. The number of ether oxygens (including phenoxy) is 2. The van der Waals surface area contributed by atoms with E-state index in [1.54, 1.807) is 6.92 Å². The number of imidazole rings is 2. The van der Waals surface area contributed by atoms with E-state index in [0.717, 1.165) is 0 Å². The molecule has 7 N–H and O–H groups in total. The predicted octanol–water partition coefficient (Wildman–Crippen LogP) is -0.585. The number of H-pyrrole nitrogens is 1. The summed E-state index contributed by atoms with van der Waals surface area (Å²) in [5, 5.41) is 13.0. The smallest absolute Gasteiger partial charge is 0.325 e. The highest BCUT2D eigenvalue weighted by Crippen LogP contribution is 2.53. The van der Waals surface area contributed by atoms with Crippen molar-refractivity contribution >= 4 is 65.1 Å². The molecule has 24 heteroatoms. The standard InChI is InChI=1S/C22H27FN10O9P2S2/c1-8-29-19-15(20(35)30-8)28-7-33(19)22-16-9(2-34)10(40-22)3-38-43(36,45)31-13-11(4-39-44(37,46)42-16)41-21(12(13)23)32-6-27-14-17(24)25-5-26-18(14)32/h5-7,9-13,16,21-22,34H,2-4H2,1H3,(H,37,46)(H2,24,25,26)(H,29,30,35)(H2,31,36,45). The molecule has 19 nitrogen and oxygen atoms in total. The van der Waals surface area contributed by atoms with Crippen LogP contribution in [0.4, 0.5) is 10.2 Å². The highest BCUT2D eigenvalue weighted by molar-refractivity contribution is 8.08. The van der Waals surface area contributed by atoms with Crippen LogP contribution in [0.15, 0.2) is 23.8 Å². The zero-order valence-corrected chi connectivity index (χ0v) is 27.0. The van der Waals surface area contributed by atoms with Crippen LogP contribution >= 0.6 is 13.4 Å². The van der Waals surface area contributed by atoms with Crippen LogP contribution in [0.25, 0.3) is 22.3 Å². The quantitative estimate of drug-likeness (QED) is 0.145. The van der Waals surface area contributed by atoms with Crippen LogP contribution in [0.5, 0.6) is 0 Å². The van der Waals surface area contributed by atoms with Gasteiger partial charge in [0.1, 0.15) is 29.9 Å². The lowest BCUT2D eigenvalue weighted by Gasteiger charge is -2.28. The second-order valence-corrected chi connectivity index (χ2v) is 16.6. The number of aryl methyl sites for hydroxylation is 1. The molecule has 3 saturated heterocycles. The summed E-state index contributed by atoms with van der Waals surface area (Å²) in [6.07, 6.45) is -3.98. The maximum absolute atomic E-state index is 16.2. The van der Waals surface area contributed by atoms with Crippen molar-refractivity contribution in [1.82, 2.24) is 44.1 Å². The van der Waals surface area contributed by atoms with E-state index < -0.39 is 87.6 Å². The van der Waals surface area contributed by atoms with E-state index in [1.807, 2.05) is 0 Å². The Balaban J connectivity index is 1.22. The van der Waals surface area contributed by atoms with E-state index in [2.05, 4.69) is 35.0 Å². The molecule has 0 amide bonds. The third kappa shape index (κ3) is 5.70. The van der Waals surface area contributed by atoms with Gasteiger partial charge in [0, 0.05) is 5.92 Å². The first-order valence-electron chi connectivity index (χ1n) is 13.7. The number of alkyl halides is 1. The molecular formula is C22H27FN10O9P2S2. The molecule has 0 aliphatic carbocycles. The number of aliphatic hydroxyl groups excluding tert-OH is 1. The number of halogens is 1. The van der Waals surface area contributed by atoms with E-state index in [9.17, 15) is 19.7 Å². The summed E-state index contributed by atoms with van der Waals surface area (Å²) in [7, 11) is 0. The Morgan fingerprint density at radius 3 is 2.50 bits per heavy atom. The van der Waals surface area contributed by atoms with Crippen LogP contribution in [-0.2, 0) is 46.7 Å². The number of nitrogens with zero attached hydrogens (tertiary/aromatic N) is 7. The second-order valence-electron chi connectivity index (χ2n) is 10.8. The van der Waals surface area contributed by atoms with Gasteiger partial charge >= 0.3 is 6.72 Å². The topological polar surface area (TPSA) is 252 Å². The summed E-state index contributed by atoms with van der Waals surface area (Å²) in [4.78, 5) is 58.1. The fourth-order valence-electron chi connectivity index (χ4n) is 5.79. The summed E-state index contributed by atoms with van der Waals surface area (Å²) in [6, 6.07) is -1.32. The first-order chi connectivity index (χ1) is 21.9. The molecule has 0 aromatic carbocycles. The third-order valence-corrected chi connectivity index (χ3v) is 11.2. The third-order valence-electron chi connectivity index (χ3n) is 7.90. The monoisotopic (exact) mass is 720 g/mol. The molecule has 10 atom stereocenters. The summed E-state index contributed by atoms with van der Waals surface area (Å²) in [5.41, 5.74) is 5.96. The Morgan fingerprint density at radius 1 is 1.04 bits per heavy atom. The molecule has 4 aromatic rings. The Morgan fingerprint density at radius 2 is 1.74 bits per heavy atom. The first-order valence-corrected chi connectivity index (χ1v) is 19.0. The van der Waals surface area contributed by atoms with Crippen molar-refractivity contribution in [3.05, 3.63) is 35.2 Å². The van der Waals surface area contributed by atoms with Crippen molar-refractivity contribution in [3.8, 4) is 0 Å². The van der Waals surface area contributed by atoms with Crippen LogP contribution in [0.2, 0.25) is 0 Å². The predicted molar refractivity (Wildman–Crippen MR) is 163 cm³/mol. The van der Waals surface area contributed by atoms with Crippen molar-refractivity contribution in [2.45, 2.75) is 49.9 Å². The molecular weight excluding hydrogens is 693 g/mol. The first kappa shape index (κ1) is 32.1. The van der Waals surface area contributed by atoms with Gasteiger partial charge in [-0.2, -0.15) is 0 Å². The molecule has 3 aliphatic rings. The molecule has 0 radical (unpaired) electrons. The SMILES string of the molecule is Cc1nc2c(ncn2C2OC3COP(O)(=S)NC4C(COP(O)(=S)OC2C3CO)OC(n2cnc3c(N)ncnc32)C4F)c(=O)[nH]1. The van der Waals surface area contributed by atoms with Gasteiger partial charge in [-0.15, -0.1) is 0 Å². The normalized spacial score (nSPS) is 37.2. The largest absolute Gasteiger partial charge is 0.396 e. The minimum absolute atomic E-state index is 0.0110. The van der Waals surface area contributed by atoms with Gasteiger partial charge in [0.25, 0.3) is 12.2 Å². The molecule has 3 aliphatic heterocycles. The minimum Gasteiger partial charge on any atom is -0.396 e. The molecule has 2 bridgehead atoms. The number of nitrogen functional groups attached to an aromatic ring is 1. The van der Waals surface area contributed by atoms with Crippen LogP contribution in [0, 0.1) is 12.8 Å². The number of nitrogens with one attached hydrogen (secondary N) is 2. The van der Waals surface area contributed by atoms with Crippen LogP contribution in [-0.4, -0.2) is 104 Å². The molecule has 0 saturated carbocycles. The molecule has 10 unspecified atom stereocenters. The van der Waals surface area contributed by atoms with Crippen LogP contribution in [0.1, 0.15) is 18.3 Å². The summed E-state index contributed by atoms with van der Waals surface area (Å²) in [5.74, 6) is -0.526. The Labute approximate surface area is 267 Å². The lowest BCUT2D eigenvalue weighted by molar-refractivity contribution is -0.0510. The molecule has 248 valence electrons. The molecule has 46 heavy (non-hydrogen) atoms. The molecule has 0 spiro atoms. The van der Waals surface area contributed by atoms with Gasteiger partial charge in [0.15, 0.2) is 41.3 Å². The second kappa shape index (κ2) is 11.9. The minimum atomic E-state index is -4.18. The number of nitrogens with two attached hydrogens (primary N) is 1. The van der Waals surface area contributed by atoms with E-state index in [1.165, 1.54) is 28.1 Å². The lowest BCUT2D eigenvalue weighted by Crippen LogP contribution is -2.43. The van der Waals surface area contributed by atoms with Crippen molar-refractivity contribution in [2.75, 3.05) is 25.6 Å². The highest BCUT2D eigenvalue weighted by atomic mass is 32.5. The van der Waals surface area contributed by atoms with Gasteiger partial charge < -0.3 is 48.7 Å². The fraction of sp³-hybridized carbons (Fsp3) is 0.545. The highest BCUT2D eigenvalue weighted by Gasteiger charge is 2.52. The van der Waals surface area contributed by atoms with Gasteiger partial charge in [-0.1, -0.05) is 0 Å². The van der Waals surface area contributed by atoms with Gasteiger partial charge in [0.05, 0.1) is 44.6 Å². The number of fused-ring (bicyclic) bond motifs is 5. The van der Waals surface area contributed by atoms with Crippen molar-refractivity contribution < 1.29 is 42.3 Å². The maximum Gasteiger partial charge on any atom is 0.325 e. The summed E-state index contributed by atoms with van der Waals surface area (Å²) < 4.78 is 48.4. The van der Waals surface area contributed by atoms with Crippen molar-refractivity contribution in [3.63, 3.8) is 0 Å². The number of anilines is 1. The van der Waals surface area contributed by atoms with E-state index >= 15 is 4.39 Å².